The molecule has 4 heteroatoms. The van der Waals surface area contributed by atoms with E-state index in [2.05, 4.69) is 0 Å². The van der Waals surface area contributed by atoms with Crippen LogP contribution in [0.2, 0.25) is 0 Å². The SMILES string of the molecule is Nc1ccc2c(c1)C(=O)N(CCCCCO)C2. The zero-order chi connectivity index (χ0) is 12.3. The molecule has 0 unspecified atom stereocenters. The number of aliphatic hydroxyl groups is 1. The van der Waals surface area contributed by atoms with Crippen LogP contribution in [0, 0.1) is 0 Å². The first kappa shape index (κ1) is 11.9. The predicted molar refractivity (Wildman–Crippen MR) is 66.5 cm³/mol. The third-order valence-electron chi connectivity index (χ3n) is 3.10. The summed E-state index contributed by atoms with van der Waals surface area (Å²) in [5.41, 5.74) is 8.12. The number of nitrogen functional groups attached to an aromatic ring is 1. The molecule has 0 radical (unpaired) electrons. The zero-order valence-electron chi connectivity index (χ0n) is 9.85. The lowest BCUT2D eigenvalue weighted by atomic mass is 10.1. The molecule has 1 aliphatic rings. The summed E-state index contributed by atoms with van der Waals surface area (Å²) in [7, 11) is 0. The Morgan fingerprint density at radius 3 is 2.88 bits per heavy atom. The Labute approximate surface area is 101 Å². The first-order chi connectivity index (χ1) is 8.22. The van der Waals surface area contributed by atoms with Crippen molar-refractivity contribution in [1.82, 2.24) is 4.90 Å². The molecule has 0 saturated carbocycles. The van der Waals surface area contributed by atoms with Gasteiger partial charge in [0.2, 0.25) is 0 Å². The smallest absolute Gasteiger partial charge is 0.254 e. The minimum atomic E-state index is 0.0799. The quantitative estimate of drug-likeness (QED) is 0.597. The van der Waals surface area contributed by atoms with Gasteiger partial charge in [0.25, 0.3) is 5.91 Å². The Bertz CT molecular complexity index is 418. The topological polar surface area (TPSA) is 66.6 Å². The molecular weight excluding hydrogens is 216 g/mol. The molecule has 0 bridgehead atoms. The first-order valence-corrected chi connectivity index (χ1v) is 6.01. The van der Waals surface area contributed by atoms with Crippen molar-refractivity contribution in [2.24, 2.45) is 0 Å². The highest BCUT2D eigenvalue weighted by atomic mass is 16.2. The van der Waals surface area contributed by atoms with E-state index in [4.69, 9.17) is 10.8 Å². The van der Waals surface area contributed by atoms with Crippen molar-refractivity contribution in [3.63, 3.8) is 0 Å². The van der Waals surface area contributed by atoms with Crippen LogP contribution in [0.1, 0.15) is 35.2 Å². The highest BCUT2D eigenvalue weighted by molar-refractivity contribution is 5.99. The van der Waals surface area contributed by atoms with Crippen LogP contribution in [-0.4, -0.2) is 29.1 Å². The van der Waals surface area contributed by atoms with Crippen LogP contribution in [0.4, 0.5) is 5.69 Å². The van der Waals surface area contributed by atoms with Crippen molar-refractivity contribution >= 4 is 11.6 Å². The van der Waals surface area contributed by atoms with Crippen molar-refractivity contribution in [2.75, 3.05) is 18.9 Å². The van der Waals surface area contributed by atoms with Crippen LogP contribution in [0.15, 0.2) is 18.2 Å². The second-order valence-electron chi connectivity index (χ2n) is 4.43. The molecule has 0 atom stereocenters. The number of rotatable bonds is 5. The summed E-state index contributed by atoms with van der Waals surface area (Å²) < 4.78 is 0. The van der Waals surface area contributed by atoms with Gasteiger partial charge in [-0.2, -0.15) is 0 Å². The van der Waals surface area contributed by atoms with E-state index in [0.29, 0.717) is 12.2 Å². The molecule has 0 spiro atoms. The van der Waals surface area contributed by atoms with Crippen molar-refractivity contribution < 1.29 is 9.90 Å². The lowest BCUT2D eigenvalue weighted by Gasteiger charge is -2.14. The molecule has 1 aromatic carbocycles. The fraction of sp³-hybridized carbons (Fsp3) is 0.462. The highest BCUT2D eigenvalue weighted by Gasteiger charge is 2.26. The third-order valence-corrected chi connectivity index (χ3v) is 3.10. The largest absolute Gasteiger partial charge is 0.399 e. The molecule has 0 aromatic heterocycles. The standard InChI is InChI=1S/C13H18N2O2/c14-11-5-4-10-9-15(6-2-1-3-7-16)13(17)12(10)8-11/h4-5,8,16H,1-3,6-7,9,14H2. The van der Waals surface area contributed by atoms with E-state index < -0.39 is 0 Å². The van der Waals surface area contributed by atoms with Crippen molar-refractivity contribution in [2.45, 2.75) is 25.8 Å². The number of nitrogens with zero attached hydrogens (tertiary/aromatic N) is 1. The summed E-state index contributed by atoms with van der Waals surface area (Å²) in [5.74, 6) is 0.0799. The summed E-state index contributed by atoms with van der Waals surface area (Å²) in [6.07, 6.45) is 2.70. The number of anilines is 1. The number of benzene rings is 1. The van der Waals surface area contributed by atoms with Crippen LogP contribution >= 0.6 is 0 Å². The molecule has 3 N–H and O–H groups in total. The van der Waals surface area contributed by atoms with E-state index in [1.165, 1.54) is 0 Å². The van der Waals surface area contributed by atoms with Crippen LogP contribution < -0.4 is 5.73 Å². The van der Waals surface area contributed by atoms with Gasteiger partial charge in [0.15, 0.2) is 0 Å². The fourth-order valence-electron chi connectivity index (χ4n) is 2.15. The number of aliphatic hydroxyl groups excluding tert-OH is 1. The molecule has 17 heavy (non-hydrogen) atoms. The highest BCUT2D eigenvalue weighted by Crippen LogP contribution is 2.24. The number of unbranched alkanes of at least 4 members (excludes halogenated alkanes) is 2. The van der Waals surface area contributed by atoms with Gasteiger partial charge in [0, 0.05) is 30.9 Å². The minimum Gasteiger partial charge on any atom is -0.399 e. The Morgan fingerprint density at radius 1 is 1.29 bits per heavy atom. The van der Waals surface area contributed by atoms with Gasteiger partial charge in [-0.25, -0.2) is 0 Å². The number of carbonyl (C=O) groups is 1. The molecule has 0 saturated heterocycles. The average Bonchev–Trinajstić information content (AvgIpc) is 2.62. The third kappa shape index (κ3) is 2.58. The van der Waals surface area contributed by atoms with E-state index >= 15 is 0 Å². The van der Waals surface area contributed by atoms with E-state index in [1.807, 2.05) is 17.0 Å². The van der Waals surface area contributed by atoms with Gasteiger partial charge >= 0.3 is 0 Å². The maximum atomic E-state index is 12.0. The molecule has 4 nitrogen and oxygen atoms in total. The lowest BCUT2D eigenvalue weighted by molar-refractivity contribution is 0.0775. The predicted octanol–water partition coefficient (Wildman–Crippen LogP) is 1.39. The van der Waals surface area contributed by atoms with Crippen LogP contribution in [0.3, 0.4) is 0 Å². The second kappa shape index (κ2) is 5.19. The van der Waals surface area contributed by atoms with Crippen molar-refractivity contribution in [3.8, 4) is 0 Å². The van der Waals surface area contributed by atoms with Gasteiger partial charge in [0.1, 0.15) is 0 Å². The molecule has 1 amide bonds. The van der Waals surface area contributed by atoms with Crippen LogP contribution in [0.5, 0.6) is 0 Å². The molecule has 1 aliphatic heterocycles. The minimum absolute atomic E-state index is 0.0799. The number of fused-ring (bicyclic) bond motifs is 1. The zero-order valence-corrected chi connectivity index (χ0v) is 9.85. The summed E-state index contributed by atoms with van der Waals surface area (Å²) in [5, 5.41) is 8.69. The second-order valence-corrected chi connectivity index (χ2v) is 4.43. The maximum absolute atomic E-state index is 12.0. The first-order valence-electron chi connectivity index (χ1n) is 6.01. The molecule has 0 aliphatic carbocycles. The van der Waals surface area contributed by atoms with E-state index in [-0.39, 0.29) is 12.5 Å². The fourth-order valence-corrected chi connectivity index (χ4v) is 2.15. The van der Waals surface area contributed by atoms with Gasteiger partial charge in [-0.15, -0.1) is 0 Å². The molecule has 0 fully saturated rings. The summed E-state index contributed by atoms with van der Waals surface area (Å²) in [6.45, 7) is 1.67. The van der Waals surface area contributed by atoms with Gasteiger partial charge < -0.3 is 15.7 Å². The van der Waals surface area contributed by atoms with Crippen LogP contribution in [-0.2, 0) is 6.54 Å². The van der Waals surface area contributed by atoms with Gasteiger partial charge in [-0.05, 0) is 37.0 Å². The number of hydrogen-bond donors (Lipinski definition) is 2. The van der Waals surface area contributed by atoms with E-state index in [0.717, 1.165) is 36.9 Å². The number of carbonyl (C=O) groups excluding carboxylic acids is 1. The average molecular weight is 234 g/mol. The Morgan fingerprint density at radius 2 is 2.12 bits per heavy atom. The number of amides is 1. The molecule has 2 rings (SSSR count). The molecule has 92 valence electrons. The van der Waals surface area contributed by atoms with Crippen molar-refractivity contribution in [3.05, 3.63) is 29.3 Å². The van der Waals surface area contributed by atoms with E-state index in [1.54, 1.807) is 6.07 Å². The molecular formula is C13H18N2O2. The lowest BCUT2D eigenvalue weighted by Crippen LogP contribution is -2.25. The summed E-state index contributed by atoms with van der Waals surface area (Å²) >= 11 is 0. The summed E-state index contributed by atoms with van der Waals surface area (Å²) in [6, 6.07) is 5.52. The van der Waals surface area contributed by atoms with E-state index in [9.17, 15) is 4.79 Å². The Hall–Kier alpha value is -1.55. The molecule has 1 heterocycles. The molecule has 1 aromatic rings. The van der Waals surface area contributed by atoms with Gasteiger partial charge in [0.05, 0.1) is 0 Å². The van der Waals surface area contributed by atoms with Crippen LogP contribution in [0.25, 0.3) is 0 Å². The maximum Gasteiger partial charge on any atom is 0.254 e. The number of hydrogen-bond acceptors (Lipinski definition) is 3. The Balaban J connectivity index is 1.95. The van der Waals surface area contributed by atoms with Crippen molar-refractivity contribution in [1.29, 1.82) is 0 Å². The normalized spacial score (nSPS) is 14.2. The monoisotopic (exact) mass is 234 g/mol. The number of nitrogens with two attached hydrogens (primary N) is 1. The van der Waals surface area contributed by atoms with Gasteiger partial charge in [-0.3, -0.25) is 4.79 Å². The summed E-state index contributed by atoms with van der Waals surface area (Å²) in [4.78, 5) is 13.9. The Kier molecular flexibility index (Phi) is 3.64. The van der Waals surface area contributed by atoms with Gasteiger partial charge in [-0.1, -0.05) is 6.07 Å².